The fraction of sp³-hybridized carbons (Fsp3) is 0.375. The van der Waals surface area contributed by atoms with E-state index in [0.717, 1.165) is 43.1 Å². The molecule has 2 atom stereocenters. The number of aromatic amines is 1. The summed E-state index contributed by atoms with van der Waals surface area (Å²) in [7, 11) is 0. The van der Waals surface area contributed by atoms with Crippen LogP contribution in [0.3, 0.4) is 0 Å². The maximum Gasteiger partial charge on any atom is 0.270 e. The number of hydrogen-bond acceptors (Lipinski definition) is 2. The Labute approximate surface area is 170 Å². The molecule has 0 unspecified atom stereocenters. The first-order valence-corrected chi connectivity index (χ1v) is 10.5. The van der Waals surface area contributed by atoms with Gasteiger partial charge >= 0.3 is 0 Å². The molecule has 1 aromatic heterocycles. The van der Waals surface area contributed by atoms with E-state index in [2.05, 4.69) is 34.6 Å². The topological polar surface area (TPSA) is 48.1 Å². The molecular formula is C24H26FN3O. The Balaban J connectivity index is 1.39. The van der Waals surface area contributed by atoms with Crippen LogP contribution in [0.25, 0.3) is 10.9 Å². The van der Waals surface area contributed by atoms with Gasteiger partial charge in [0.25, 0.3) is 5.91 Å². The average molecular weight is 391 g/mol. The van der Waals surface area contributed by atoms with Crippen LogP contribution in [0.15, 0.2) is 54.6 Å². The van der Waals surface area contributed by atoms with Crippen molar-refractivity contribution in [2.75, 3.05) is 6.54 Å². The highest BCUT2D eigenvalue weighted by Gasteiger charge is 2.73. The molecule has 29 heavy (non-hydrogen) atoms. The first-order valence-electron chi connectivity index (χ1n) is 10.5. The van der Waals surface area contributed by atoms with E-state index in [1.54, 1.807) is 12.1 Å². The van der Waals surface area contributed by atoms with E-state index in [1.807, 2.05) is 17.9 Å². The van der Waals surface area contributed by atoms with E-state index in [0.29, 0.717) is 12.2 Å². The van der Waals surface area contributed by atoms with Gasteiger partial charge in [0.1, 0.15) is 11.5 Å². The van der Waals surface area contributed by atoms with Crippen molar-refractivity contribution in [3.05, 3.63) is 71.7 Å². The predicted octanol–water partition coefficient (Wildman–Crippen LogP) is 4.62. The van der Waals surface area contributed by atoms with Gasteiger partial charge in [0.15, 0.2) is 0 Å². The number of aromatic nitrogens is 1. The van der Waals surface area contributed by atoms with Gasteiger partial charge in [-0.1, -0.05) is 30.3 Å². The molecule has 0 radical (unpaired) electrons. The monoisotopic (exact) mass is 391 g/mol. The van der Waals surface area contributed by atoms with Gasteiger partial charge in [0.05, 0.1) is 5.54 Å². The molecular weight excluding hydrogens is 365 g/mol. The Bertz CT molecular complexity index is 1060. The zero-order valence-corrected chi connectivity index (χ0v) is 16.7. The van der Waals surface area contributed by atoms with Crippen LogP contribution in [0.2, 0.25) is 0 Å². The number of H-pyrrole nitrogens is 1. The summed E-state index contributed by atoms with van der Waals surface area (Å²) in [5.41, 5.74) is 2.49. The summed E-state index contributed by atoms with van der Waals surface area (Å²) in [6.07, 6.45) is 4.26. The van der Waals surface area contributed by atoms with Crippen molar-refractivity contribution in [2.24, 2.45) is 0 Å². The van der Waals surface area contributed by atoms with Crippen LogP contribution in [0.1, 0.15) is 48.7 Å². The average Bonchev–Trinajstić information content (AvgIpc) is 3.02. The molecule has 2 aliphatic rings. The quantitative estimate of drug-likeness (QED) is 0.644. The van der Waals surface area contributed by atoms with Crippen LogP contribution < -0.4 is 5.32 Å². The Hall–Kier alpha value is -2.66. The molecule has 0 bridgehead atoms. The van der Waals surface area contributed by atoms with Crippen molar-refractivity contribution in [3.8, 4) is 0 Å². The second-order valence-corrected chi connectivity index (χ2v) is 8.45. The third-order valence-electron chi connectivity index (χ3n) is 6.92. The molecule has 1 amide bonds. The number of likely N-dealkylation sites (N-methyl/N-ethyl adjacent to an activating group) is 1. The zero-order valence-electron chi connectivity index (χ0n) is 16.7. The van der Waals surface area contributed by atoms with E-state index in [1.165, 1.54) is 17.7 Å². The highest BCUT2D eigenvalue weighted by Crippen LogP contribution is 2.63. The molecule has 5 heteroatoms. The molecule has 2 saturated carbocycles. The molecule has 0 aliphatic heterocycles. The van der Waals surface area contributed by atoms with Gasteiger partial charge < -0.3 is 15.2 Å². The van der Waals surface area contributed by atoms with Crippen molar-refractivity contribution >= 4 is 16.8 Å². The van der Waals surface area contributed by atoms with E-state index < -0.39 is 0 Å². The van der Waals surface area contributed by atoms with Gasteiger partial charge in [-0.25, -0.2) is 4.39 Å². The summed E-state index contributed by atoms with van der Waals surface area (Å²) >= 11 is 0. The highest BCUT2D eigenvalue weighted by molar-refractivity contribution is 5.98. The minimum absolute atomic E-state index is 0.00658. The van der Waals surface area contributed by atoms with E-state index in [-0.39, 0.29) is 22.8 Å². The molecule has 0 spiro atoms. The summed E-state index contributed by atoms with van der Waals surface area (Å²) in [4.78, 5) is 18.7. The number of rotatable bonds is 6. The zero-order chi connectivity index (χ0) is 20.1. The molecule has 2 N–H and O–H groups in total. The van der Waals surface area contributed by atoms with E-state index in [9.17, 15) is 9.18 Å². The summed E-state index contributed by atoms with van der Waals surface area (Å²) in [5, 5.41) is 4.52. The second-order valence-electron chi connectivity index (χ2n) is 8.45. The Kier molecular flexibility index (Phi) is 4.24. The largest absolute Gasteiger partial charge is 0.351 e. The third kappa shape index (κ3) is 2.87. The van der Waals surface area contributed by atoms with Gasteiger partial charge in [-0.2, -0.15) is 0 Å². The van der Waals surface area contributed by atoms with Crippen molar-refractivity contribution in [1.82, 2.24) is 15.2 Å². The Morgan fingerprint density at radius 3 is 2.79 bits per heavy atom. The molecule has 2 aliphatic carbocycles. The molecule has 2 fully saturated rings. The van der Waals surface area contributed by atoms with Gasteiger partial charge in [0.2, 0.25) is 0 Å². The number of carbonyl (C=O) groups is 1. The standard InChI is InChI=1S/C24H26FN3O/c1-2-28(22(29)21-14-18-13-19(25)9-10-20(18)27-21)24-12-6-11-23(24,16-24)26-15-17-7-4-3-5-8-17/h3-5,7-10,13-14,26-27H,2,6,11-12,15-16H2,1H3/t23-,24+/m0/s1. The number of carbonyl (C=O) groups excluding carboxylic acids is 1. The van der Waals surface area contributed by atoms with Gasteiger partial charge in [0, 0.05) is 29.5 Å². The van der Waals surface area contributed by atoms with Crippen LogP contribution in [-0.2, 0) is 6.54 Å². The minimum Gasteiger partial charge on any atom is -0.351 e. The molecule has 150 valence electrons. The number of halogens is 1. The minimum atomic E-state index is -0.288. The lowest BCUT2D eigenvalue weighted by Gasteiger charge is -2.32. The molecule has 2 aromatic carbocycles. The smallest absolute Gasteiger partial charge is 0.270 e. The van der Waals surface area contributed by atoms with Gasteiger partial charge in [-0.3, -0.25) is 4.79 Å². The number of fused-ring (bicyclic) bond motifs is 2. The molecule has 3 aromatic rings. The summed E-state index contributed by atoms with van der Waals surface area (Å²) in [6, 6.07) is 16.8. The maximum absolute atomic E-state index is 13.5. The van der Waals surface area contributed by atoms with Crippen LogP contribution >= 0.6 is 0 Å². The number of nitrogens with zero attached hydrogens (tertiary/aromatic N) is 1. The number of nitrogens with one attached hydrogen (secondary N) is 2. The fourth-order valence-electron chi connectivity index (χ4n) is 5.46. The van der Waals surface area contributed by atoms with Crippen molar-refractivity contribution < 1.29 is 9.18 Å². The molecule has 1 heterocycles. The summed E-state index contributed by atoms with van der Waals surface area (Å²) in [6.45, 7) is 3.53. The van der Waals surface area contributed by atoms with Gasteiger partial charge in [-0.05, 0) is 62.4 Å². The van der Waals surface area contributed by atoms with Crippen LogP contribution in [0, 0.1) is 5.82 Å². The van der Waals surface area contributed by atoms with E-state index >= 15 is 0 Å². The molecule has 5 rings (SSSR count). The summed E-state index contributed by atoms with van der Waals surface area (Å²) < 4.78 is 13.5. The lowest BCUT2D eigenvalue weighted by molar-refractivity contribution is 0.0631. The van der Waals surface area contributed by atoms with Crippen molar-refractivity contribution in [2.45, 2.75) is 50.2 Å². The van der Waals surface area contributed by atoms with Crippen molar-refractivity contribution in [3.63, 3.8) is 0 Å². The van der Waals surface area contributed by atoms with Crippen LogP contribution in [0.4, 0.5) is 4.39 Å². The third-order valence-corrected chi connectivity index (χ3v) is 6.92. The lowest BCUT2D eigenvalue weighted by Crippen LogP contribution is -2.49. The highest BCUT2D eigenvalue weighted by atomic mass is 19.1. The van der Waals surface area contributed by atoms with Crippen LogP contribution in [-0.4, -0.2) is 33.4 Å². The normalized spacial score (nSPS) is 25.2. The first kappa shape index (κ1) is 18.4. The van der Waals surface area contributed by atoms with E-state index in [4.69, 9.17) is 0 Å². The number of hydrogen-bond donors (Lipinski definition) is 2. The number of amides is 1. The predicted molar refractivity (Wildman–Crippen MR) is 112 cm³/mol. The lowest BCUT2D eigenvalue weighted by atomic mass is 10.1. The number of benzene rings is 2. The molecule has 0 saturated heterocycles. The van der Waals surface area contributed by atoms with Crippen LogP contribution in [0.5, 0.6) is 0 Å². The Morgan fingerprint density at radius 2 is 2.00 bits per heavy atom. The SMILES string of the molecule is CCN(C(=O)c1cc2cc(F)ccc2[nH]1)[C@@]12CCC[C@]1(NCc1ccccc1)C2. The van der Waals surface area contributed by atoms with Gasteiger partial charge in [-0.15, -0.1) is 0 Å². The fourth-order valence-corrected chi connectivity index (χ4v) is 5.46. The first-order chi connectivity index (χ1) is 14.1. The van der Waals surface area contributed by atoms with Crippen molar-refractivity contribution in [1.29, 1.82) is 0 Å². The Morgan fingerprint density at radius 1 is 1.17 bits per heavy atom. The second kappa shape index (κ2) is 6.70. The maximum atomic E-state index is 13.5. The molecule has 4 nitrogen and oxygen atoms in total. The summed E-state index contributed by atoms with van der Waals surface area (Å²) in [5.74, 6) is -0.280.